The lowest BCUT2D eigenvalue weighted by molar-refractivity contribution is 0.475. The zero-order valence-electron chi connectivity index (χ0n) is 31.7. The zero-order valence-corrected chi connectivity index (χ0v) is 38.9. The van der Waals surface area contributed by atoms with E-state index in [2.05, 4.69) is 65.8 Å². The fourth-order valence-corrected chi connectivity index (χ4v) is 26.1. The van der Waals surface area contributed by atoms with Gasteiger partial charge in [-0.05, 0) is 112 Å². The molecule has 0 saturated carbocycles. The summed E-state index contributed by atoms with van der Waals surface area (Å²) in [4.78, 5) is 38.8. The summed E-state index contributed by atoms with van der Waals surface area (Å²) in [5, 5.41) is 11.7. The topological polar surface area (TPSA) is 242 Å². The van der Waals surface area contributed by atoms with E-state index in [0.29, 0.717) is 0 Å². The second kappa shape index (κ2) is 22.2. The van der Waals surface area contributed by atoms with Crippen LogP contribution in [0.5, 0.6) is 0 Å². The first-order chi connectivity index (χ1) is 23.9. The minimum absolute atomic E-state index is 0.146. The summed E-state index contributed by atoms with van der Waals surface area (Å²) in [6.45, 7) is 9.20. The molecule has 51 heavy (non-hydrogen) atoms. The summed E-state index contributed by atoms with van der Waals surface area (Å²) in [5.74, 6) is 0. The molecule has 0 aliphatic carbocycles. The van der Waals surface area contributed by atoms with Crippen LogP contribution in [0.25, 0.3) is 0 Å². The van der Waals surface area contributed by atoms with Gasteiger partial charge in [0.1, 0.15) is 0 Å². The molecular weight excluding hydrogens is 812 g/mol. The van der Waals surface area contributed by atoms with Gasteiger partial charge in [0.25, 0.3) is 0 Å². The molecule has 0 radical (unpaired) electrons. The Labute approximate surface area is 307 Å². The summed E-state index contributed by atoms with van der Waals surface area (Å²) < 4.78 is 43.0. The number of hydrogen-bond acceptors (Lipinski definition) is 12. The highest BCUT2D eigenvalue weighted by atomic mass is 31.3. The highest BCUT2D eigenvalue weighted by Gasteiger charge is 2.44. The zero-order chi connectivity index (χ0) is 38.9. The summed E-state index contributed by atoms with van der Waals surface area (Å²) in [6.07, 6.45) is 4.58. The molecule has 0 fully saturated rings. The Morgan fingerprint density at radius 3 is 1.04 bits per heavy atom. The van der Waals surface area contributed by atoms with Crippen molar-refractivity contribution in [3.05, 3.63) is 0 Å². The molecule has 32 heteroatoms. The first-order valence-electron chi connectivity index (χ1n) is 14.6. The smallest absolute Gasteiger partial charge is 0.252 e. The molecule has 24 nitrogen and oxygen atoms in total. The van der Waals surface area contributed by atoms with Crippen molar-refractivity contribution in [3.63, 3.8) is 0 Å². The number of rotatable bonds is 18. The van der Waals surface area contributed by atoms with Crippen molar-refractivity contribution in [2.24, 2.45) is 86.5 Å². The largest absolute Gasteiger partial charge is 0.348 e. The van der Waals surface area contributed by atoms with Gasteiger partial charge in [-0.2, -0.15) is 37.9 Å². The molecule has 0 amide bonds. The molecule has 0 bridgehead atoms. The van der Waals surface area contributed by atoms with Gasteiger partial charge in [0, 0.05) is 18.6 Å². The third-order valence-corrected chi connectivity index (χ3v) is 24.7. The Bertz CT molecular complexity index is 1650. The predicted octanol–water partition coefficient (Wildman–Crippen LogP) is 11.3. The molecule has 0 aromatic heterocycles. The van der Waals surface area contributed by atoms with E-state index in [1.807, 2.05) is 113 Å². The van der Waals surface area contributed by atoms with Crippen LogP contribution in [0.3, 0.4) is 0 Å². The van der Waals surface area contributed by atoms with Gasteiger partial charge in [0.2, 0.25) is 25.6 Å². The van der Waals surface area contributed by atoms with Gasteiger partial charge in [-0.25, -0.2) is 4.76 Å². The Morgan fingerprint density at radius 2 is 0.745 bits per heavy atom. The maximum atomic E-state index is 5.47. The molecule has 286 valence electrons. The highest BCUT2D eigenvalue weighted by Crippen LogP contribution is 2.86. The van der Waals surface area contributed by atoms with Gasteiger partial charge in [0.05, 0.1) is 0 Å². The molecule has 1 aliphatic heterocycles. The summed E-state index contributed by atoms with van der Waals surface area (Å²) in [6, 6.07) is 0. The Morgan fingerprint density at radius 1 is 0.471 bits per heavy atom. The highest BCUT2D eigenvalue weighted by molar-refractivity contribution is 7.88. The van der Waals surface area contributed by atoms with Crippen molar-refractivity contribution < 1.29 is 0 Å². The minimum atomic E-state index is -3.84. The van der Waals surface area contributed by atoms with E-state index < -0.39 is 37.5 Å². The molecule has 1 heterocycles. The van der Waals surface area contributed by atoms with Crippen molar-refractivity contribution in [2.45, 2.75) is 20.8 Å². The van der Waals surface area contributed by atoms with Crippen LogP contribution in [0.1, 0.15) is 20.8 Å². The molecule has 0 spiro atoms. The first kappa shape index (κ1) is 47.7. The van der Waals surface area contributed by atoms with E-state index in [1.165, 1.54) is 18.6 Å². The molecule has 1 rings (SSSR count). The van der Waals surface area contributed by atoms with Crippen molar-refractivity contribution in [2.75, 3.05) is 84.6 Å². The van der Waals surface area contributed by atoms with Crippen LogP contribution in [-0.2, 0) is 0 Å². The van der Waals surface area contributed by atoms with Crippen molar-refractivity contribution in [1.29, 1.82) is 0 Å². The average Bonchev–Trinajstić information content (AvgIpc) is 3.05. The van der Waals surface area contributed by atoms with Crippen LogP contribution in [0.2, 0.25) is 0 Å². The molecule has 2 atom stereocenters. The fraction of sp³-hybridized carbons (Fsp3) is 0.789. The second-order valence-electron chi connectivity index (χ2n) is 10.5. The summed E-state index contributed by atoms with van der Waals surface area (Å²) in [5.41, 5.74) is 0. The molecule has 0 aromatic carbocycles. The van der Waals surface area contributed by atoms with Gasteiger partial charge < -0.3 is 0 Å². The van der Waals surface area contributed by atoms with Crippen LogP contribution in [0, 0.1) is 0 Å². The predicted molar refractivity (Wildman–Crippen MR) is 224 cm³/mol. The Hall–Kier alpha value is -1.31. The average molecular weight is 863 g/mol. The molecular formula is C19H50N24P8. The SMILES string of the molecule is C=NP1(N=P(N(C)C)(N(C)C)N(C)C)=NP(N=NP=N/N=C/C)(N=NP=N/N=C/C)=NP(N=NP=N/N=C/C)(N=P(N(C)C)(N(C)C)N(C)C)=N1. The van der Waals surface area contributed by atoms with Crippen molar-refractivity contribution in [3.8, 4) is 0 Å². The monoisotopic (exact) mass is 862 g/mol. The lowest BCUT2D eigenvalue weighted by Gasteiger charge is -2.42. The molecule has 0 saturated heterocycles. The second-order valence-corrected chi connectivity index (χ2v) is 26.7. The van der Waals surface area contributed by atoms with Crippen LogP contribution in [-0.4, -0.2) is 138 Å². The van der Waals surface area contributed by atoms with E-state index in [9.17, 15) is 0 Å². The fourth-order valence-electron chi connectivity index (χ4n) is 4.28. The van der Waals surface area contributed by atoms with E-state index >= 15 is 0 Å². The lowest BCUT2D eigenvalue weighted by Crippen LogP contribution is -2.30. The first-order valence-corrected chi connectivity index (χ1v) is 25.0. The number of hydrogen-bond donors (Lipinski definition) is 0. The van der Waals surface area contributed by atoms with Gasteiger partial charge >= 0.3 is 22.5 Å². The van der Waals surface area contributed by atoms with Crippen LogP contribution in [0.4, 0.5) is 0 Å². The van der Waals surface area contributed by atoms with Gasteiger partial charge in [0.15, 0.2) is 15.0 Å². The Kier molecular flexibility index (Phi) is 20.7. The van der Waals surface area contributed by atoms with Crippen LogP contribution < -0.4 is 0 Å². The molecule has 0 N–H and O–H groups in total. The van der Waals surface area contributed by atoms with Crippen molar-refractivity contribution >= 4 is 88.5 Å². The number of nitrogens with zero attached hydrogens (tertiary/aromatic N) is 24. The maximum absolute atomic E-state index is 5.47. The maximum Gasteiger partial charge on any atom is 0.348 e. The van der Waals surface area contributed by atoms with E-state index in [-0.39, 0.29) is 25.6 Å². The van der Waals surface area contributed by atoms with Gasteiger partial charge in [-0.1, -0.05) is 14.7 Å². The molecule has 2 unspecified atom stereocenters. The third kappa shape index (κ3) is 12.6. The molecule has 0 aromatic rings. The quantitative estimate of drug-likeness (QED) is 0.0561. The molecule has 1 aliphatic rings. The van der Waals surface area contributed by atoms with E-state index in [4.69, 9.17) is 27.5 Å². The van der Waals surface area contributed by atoms with Gasteiger partial charge in [-0.15, -0.1) is 29.2 Å². The van der Waals surface area contributed by atoms with E-state index in [0.717, 1.165) is 0 Å². The third-order valence-electron chi connectivity index (χ3n) is 5.83. The minimum Gasteiger partial charge on any atom is -0.252 e. The van der Waals surface area contributed by atoms with Crippen LogP contribution >= 0.6 is 63.1 Å². The Balaban J connectivity index is 5.13. The van der Waals surface area contributed by atoms with Crippen LogP contribution in [0.15, 0.2) is 86.5 Å². The van der Waals surface area contributed by atoms with E-state index in [1.54, 1.807) is 20.8 Å². The standard InChI is InChI=1S/C19H50N24P8/c1-17-21-24-44-27-30-48(31-28-45-25-22-18-2)33-47(20-4,36-50(38(5)6,39(7)8)40(9)10)34-49(35-48,32-29-46-26-23-19-3)37-51(41(11)12,42(13)14)43(15)16/h17-19H,4H2,1-3,5-16H3/b21-17+,22-18+,23-19+,30-27?,31-28?,32-29?. The normalized spacial score (nSPS) is 24.3. The lowest BCUT2D eigenvalue weighted by atomic mass is 10.9. The summed E-state index contributed by atoms with van der Waals surface area (Å²) >= 11 is 0. The van der Waals surface area contributed by atoms with Crippen molar-refractivity contribution in [1.82, 2.24) is 28.0 Å². The van der Waals surface area contributed by atoms with Gasteiger partial charge in [-0.3, -0.25) is 28.0 Å². The summed E-state index contributed by atoms with van der Waals surface area (Å²) in [7, 11) is 6.61.